The Bertz CT molecular complexity index is 823. The van der Waals surface area contributed by atoms with Crippen molar-refractivity contribution in [3.63, 3.8) is 0 Å². The molecule has 7 nitrogen and oxygen atoms in total. The smallest absolute Gasteiger partial charge is 0.211 e. The topological polar surface area (TPSA) is 82.2 Å². The number of anilines is 1. The Morgan fingerprint density at radius 3 is 2.57 bits per heavy atom. The minimum absolute atomic E-state index is 0.133. The second kappa shape index (κ2) is 5.17. The van der Waals surface area contributed by atoms with E-state index in [2.05, 4.69) is 19.9 Å². The quantitative estimate of drug-likeness (QED) is 0.892. The van der Waals surface area contributed by atoms with E-state index in [0.717, 1.165) is 42.5 Å². The number of hydrogen-bond acceptors (Lipinski definition) is 5. The molecular formula is C15H21N5O2S. The number of sulfonamides is 1. The molecule has 1 N–H and O–H groups in total. The molecule has 2 saturated carbocycles. The molecule has 2 aliphatic rings. The molecular weight excluding hydrogens is 314 g/mol. The molecule has 0 unspecified atom stereocenters. The number of nitrogens with one attached hydrogen (secondary N) is 1. The molecule has 2 aromatic rings. The predicted octanol–water partition coefficient (Wildman–Crippen LogP) is 1.35. The minimum Gasteiger partial charge on any atom is -0.356 e. The van der Waals surface area contributed by atoms with Crippen molar-refractivity contribution in [2.75, 3.05) is 18.2 Å². The van der Waals surface area contributed by atoms with Gasteiger partial charge in [0.25, 0.3) is 0 Å². The van der Waals surface area contributed by atoms with E-state index in [0.29, 0.717) is 6.04 Å². The summed E-state index contributed by atoms with van der Waals surface area (Å²) in [6.07, 6.45) is 8.47. The summed E-state index contributed by atoms with van der Waals surface area (Å²) in [5.74, 6) is 0.900. The summed E-state index contributed by atoms with van der Waals surface area (Å²) in [5.41, 5.74) is 0.827. The van der Waals surface area contributed by atoms with Crippen molar-refractivity contribution in [3.05, 3.63) is 18.6 Å². The van der Waals surface area contributed by atoms with Crippen molar-refractivity contribution in [3.8, 4) is 0 Å². The zero-order valence-electron chi connectivity index (χ0n) is 13.3. The number of rotatable bonds is 5. The fraction of sp³-hybridized carbons (Fsp3) is 0.600. The van der Waals surface area contributed by atoms with Gasteiger partial charge in [-0.15, -0.1) is 0 Å². The van der Waals surface area contributed by atoms with E-state index in [1.54, 1.807) is 10.6 Å². The molecule has 2 aliphatic carbocycles. The van der Waals surface area contributed by atoms with Gasteiger partial charge in [0.2, 0.25) is 10.0 Å². The third kappa shape index (κ3) is 2.59. The van der Waals surface area contributed by atoms with E-state index in [9.17, 15) is 8.42 Å². The number of nitrogens with zero attached hydrogens (tertiary/aromatic N) is 4. The largest absolute Gasteiger partial charge is 0.356 e. The fourth-order valence-electron chi connectivity index (χ4n) is 3.56. The molecule has 4 rings (SSSR count). The van der Waals surface area contributed by atoms with Crippen molar-refractivity contribution < 1.29 is 8.42 Å². The van der Waals surface area contributed by atoms with Crippen LogP contribution in [0.2, 0.25) is 0 Å². The first-order valence-electron chi connectivity index (χ1n) is 7.94. The lowest BCUT2D eigenvalue weighted by Crippen LogP contribution is -2.55. The van der Waals surface area contributed by atoms with Crippen LogP contribution in [0.4, 0.5) is 5.82 Å². The van der Waals surface area contributed by atoms with Crippen molar-refractivity contribution >= 4 is 26.9 Å². The number of fused-ring (bicyclic) bond motifs is 1. The van der Waals surface area contributed by atoms with E-state index in [1.165, 1.54) is 6.26 Å². The molecule has 0 amide bonds. The monoisotopic (exact) mass is 335 g/mol. The van der Waals surface area contributed by atoms with E-state index >= 15 is 0 Å². The number of H-pyrrole nitrogens is 1. The summed E-state index contributed by atoms with van der Waals surface area (Å²) in [7, 11) is -1.09. The SMILES string of the molecule is CN(c1ncnc2[nH]ccc12)C1CC(N(C2CC2)S(C)(=O)=O)C1. The first-order chi connectivity index (χ1) is 10.9. The van der Waals surface area contributed by atoms with Gasteiger partial charge in [0.15, 0.2) is 0 Å². The minimum atomic E-state index is -3.12. The lowest BCUT2D eigenvalue weighted by Gasteiger charge is -2.46. The van der Waals surface area contributed by atoms with E-state index in [4.69, 9.17) is 0 Å². The van der Waals surface area contributed by atoms with Crippen LogP contribution in [0.15, 0.2) is 18.6 Å². The fourth-order valence-corrected chi connectivity index (χ4v) is 5.03. The van der Waals surface area contributed by atoms with Crippen LogP contribution in [0, 0.1) is 0 Å². The third-order valence-corrected chi connectivity index (χ3v) is 6.31. The van der Waals surface area contributed by atoms with Crippen LogP contribution in [0.1, 0.15) is 25.7 Å². The van der Waals surface area contributed by atoms with Gasteiger partial charge < -0.3 is 9.88 Å². The van der Waals surface area contributed by atoms with E-state index < -0.39 is 10.0 Å². The maximum Gasteiger partial charge on any atom is 0.211 e. The molecule has 0 aromatic carbocycles. The molecule has 2 heterocycles. The van der Waals surface area contributed by atoms with Gasteiger partial charge in [-0.25, -0.2) is 18.4 Å². The molecule has 0 bridgehead atoms. The van der Waals surface area contributed by atoms with Crippen molar-refractivity contribution in [1.82, 2.24) is 19.3 Å². The highest BCUT2D eigenvalue weighted by molar-refractivity contribution is 7.88. The Labute approximate surface area is 135 Å². The van der Waals surface area contributed by atoms with Crippen LogP contribution < -0.4 is 4.90 Å². The Balaban J connectivity index is 1.50. The lowest BCUT2D eigenvalue weighted by atomic mass is 9.85. The summed E-state index contributed by atoms with van der Waals surface area (Å²) < 4.78 is 25.8. The zero-order chi connectivity index (χ0) is 16.2. The molecule has 2 aromatic heterocycles. The Hall–Kier alpha value is -1.67. The molecule has 23 heavy (non-hydrogen) atoms. The maximum atomic E-state index is 12.0. The van der Waals surface area contributed by atoms with Gasteiger partial charge in [-0.3, -0.25) is 0 Å². The predicted molar refractivity (Wildman–Crippen MR) is 88.8 cm³/mol. The van der Waals surface area contributed by atoms with E-state index in [1.807, 2.05) is 19.3 Å². The first-order valence-corrected chi connectivity index (χ1v) is 9.79. The molecule has 0 spiro atoms. The van der Waals surface area contributed by atoms with Crippen molar-refractivity contribution in [1.29, 1.82) is 0 Å². The summed E-state index contributed by atoms with van der Waals surface area (Å²) in [6.45, 7) is 0. The van der Waals surface area contributed by atoms with Crippen LogP contribution >= 0.6 is 0 Å². The van der Waals surface area contributed by atoms with Gasteiger partial charge in [-0.05, 0) is 31.7 Å². The van der Waals surface area contributed by atoms with E-state index in [-0.39, 0.29) is 12.1 Å². The highest BCUT2D eigenvalue weighted by atomic mass is 32.2. The number of aromatic amines is 1. The van der Waals surface area contributed by atoms with Crippen LogP contribution in [0.5, 0.6) is 0 Å². The highest BCUT2D eigenvalue weighted by Crippen LogP contribution is 2.40. The molecule has 0 atom stereocenters. The standard InChI is InChI=1S/C15H21N5O2S/c1-19(15-13-5-6-16-14(13)17-9-18-15)11-7-12(8-11)20(10-3-4-10)23(2,21)22/h5-6,9-12H,3-4,7-8H2,1-2H3,(H,16,17,18). The molecule has 8 heteroatoms. The Kier molecular flexibility index (Phi) is 3.35. The second-order valence-electron chi connectivity index (χ2n) is 6.65. The lowest BCUT2D eigenvalue weighted by molar-refractivity contribution is 0.183. The van der Waals surface area contributed by atoms with Gasteiger partial charge in [0, 0.05) is 31.4 Å². The summed E-state index contributed by atoms with van der Waals surface area (Å²) >= 11 is 0. The van der Waals surface area contributed by atoms with Crippen molar-refractivity contribution in [2.24, 2.45) is 0 Å². The zero-order valence-corrected chi connectivity index (χ0v) is 14.1. The molecule has 2 fully saturated rings. The molecule has 124 valence electrons. The number of hydrogen-bond donors (Lipinski definition) is 1. The van der Waals surface area contributed by atoms with Gasteiger partial charge in [0.05, 0.1) is 11.6 Å². The average molecular weight is 335 g/mol. The van der Waals surface area contributed by atoms with Gasteiger partial charge in [-0.2, -0.15) is 4.31 Å². The molecule has 0 saturated heterocycles. The summed E-state index contributed by atoms with van der Waals surface area (Å²) in [6, 6.07) is 2.66. The van der Waals surface area contributed by atoms with Gasteiger partial charge in [-0.1, -0.05) is 0 Å². The van der Waals surface area contributed by atoms with Crippen LogP contribution in [0.3, 0.4) is 0 Å². The van der Waals surface area contributed by atoms with Crippen LogP contribution in [-0.2, 0) is 10.0 Å². The first kappa shape index (κ1) is 14.9. The highest BCUT2D eigenvalue weighted by Gasteiger charge is 2.46. The van der Waals surface area contributed by atoms with Crippen LogP contribution in [-0.4, -0.2) is 59.1 Å². The molecule has 0 radical (unpaired) electrons. The average Bonchev–Trinajstić information content (AvgIpc) is 3.14. The molecule has 0 aliphatic heterocycles. The van der Waals surface area contributed by atoms with Gasteiger partial charge in [0.1, 0.15) is 17.8 Å². The van der Waals surface area contributed by atoms with Crippen molar-refractivity contribution in [2.45, 2.75) is 43.8 Å². The maximum absolute atomic E-state index is 12.0. The summed E-state index contributed by atoms with van der Waals surface area (Å²) in [5, 5.41) is 1.00. The Morgan fingerprint density at radius 1 is 1.17 bits per heavy atom. The van der Waals surface area contributed by atoms with Gasteiger partial charge >= 0.3 is 0 Å². The third-order valence-electron chi connectivity index (χ3n) is 4.95. The Morgan fingerprint density at radius 2 is 1.91 bits per heavy atom. The van der Waals surface area contributed by atoms with Crippen LogP contribution in [0.25, 0.3) is 11.0 Å². The summed E-state index contributed by atoms with van der Waals surface area (Å²) in [4.78, 5) is 13.9. The second-order valence-corrected chi connectivity index (χ2v) is 8.54. The normalized spacial score (nSPS) is 24.8. The number of aromatic nitrogens is 3.